The Balaban J connectivity index is 2.06. The SMILES string of the molecule is CC[C@@H](NC(=O)C1CCOCC1)c1cccc([N+](=O)[O-])c1. The van der Waals surface area contributed by atoms with Crippen LogP contribution in [0, 0.1) is 16.0 Å². The van der Waals surface area contributed by atoms with Crippen LogP contribution in [0.3, 0.4) is 0 Å². The third kappa shape index (κ3) is 4.01. The summed E-state index contributed by atoms with van der Waals surface area (Å²) in [6, 6.07) is 6.25. The van der Waals surface area contributed by atoms with Crippen LogP contribution in [0.15, 0.2) is 24.3 Å². The van der Waals surface area contributed by atoms with Gasteiger partial charge in [0, 0.05) is 31.3 Å². The lowest BCUT2D eigenvalue weighted by molar-refractivity contribution is -0.384. The zero-order chi connectivity index (χ0) is 15.2. The van der Waals surface area contributed by atoms with Crippen molar-refractivity contribution >= 4 is 11.6 Å². The molecule has 1 aliphatic rings. The lowest BCUT2D eigenvalue weighted by atomic mass is 9.97. The zero-order valence-corrected chi connectivity index (χ0v) is 12.1. The Labute approximate surface area is 123 Å². The third-order valence-corrected chi connectivity index (χ3v) is 3.80. The average Bonchev–Trinajstić information content (AvgIpc) is 2.53. The molecule has 6 heteroatoms. The van der Waals surface area contributed by atoms with Gasteiger partial charge in [-0.25, -0.2) is 0 Å². The van der Waals surface area contributed by atoms with Gasteiger partial charge in [0.05, 0.1) is 11.0 Å². The molecule has 2 rings (SSSR count). The topological polar surface area (TPSA) is 81.5 Å². The minimum Gasteiger partial charge on any atom is -0.381 e. The van der Waals surface area contributed by atoms with Gasteiger partial charge in [0.2, 0.25) is 5.91 Å². The van der Waals surface area contributed by atoms with Gasteiger partial charge in [-0.1, -0.05) is 19.1 Å². The maximum absolute atomic E-state index is 12.3. The lowest BCUT2D eigenvalue weighted by Gasteiger charge is -2.24. The first-order chi connectivity index (χ1) is 10.1. The molecule has 0 radical (unpaired) electrons. The number of carbonyl (C=O) groups is 1. The van der Waals surface area contributed by atoms with E-state index < -0.39 is 4.92 Å². The first-order valence-electron chi connectivity index (χ1n) is 7.24. The lowest BCUT2D eigenvalue weighted by Crippen LogP contribution is -2.36. The third-order valence-electron chi connectivity index (χ3n) is 3.80. The van der Waals surface area contributed by atoms with E-state index in [9.17, 15) is 14.9 Å². The summed E-state index contributed by atoms with van der Waals surface area (Å²) >= 11 is 0. The molecule has 1 N–H and O–H groups in total. The van der Waals surface area contributed by atoms with Crippen molar-refractivity contribution < 1.29 is 14.5 Å². The predicted molar refractivity (Wildman–Crippen MR) is 77.8 cm³/mol. The van der Waals surface area contributed by atoms with Crippen molar-refractivity contribution in [2.24, 2.45) is 5.92 Å². The summed E-state index contributed by atoms with van der Waals surface area (Å²) in [6.07, 6.45) is 2.16. The number of ether oxygens (including phenoxy) is 1. The summed E-state index contributed by atoms with van der Waals surface area (Å²) in [5.74, 6) is -0.0110. The minimum absolute atomic E-state index is 0.0108. The Morgan fingerprint density at radius 1 is 1.48 bits per heavy atom. The number of amides is 1. The van der Waals surface area contributed by atoms with Crippen LogP contribution in [0.25, 0.3) is 0 Å². The number of nitro groups is 1. The highest BCUT2D eigenvalue weighted by Crippen LogP contribution is 2.23. The van der Waals surface area contributed by atoms with Crippen molar-refractivity contribution in [1.29, 1.82) is 0 Å². The fourth-order valence-corrected chi connectivity index (χ4v) is 2.53. The molecule has 0 aliphatic carbocycles. The van der Waals surface area contributed by atoms with Crippen LogP contribution in [-0.2, 0) is 9.53 Å². The number of hydrogen-bond acceptors (Lipinski definition) is 4. The van der Waals surface area contributed by atoms with Crippen LogP contribution in [-0.4, -0.2) is 24.0 Å². The number of benzene rings is 1. The van der Waals surface area contributed by atoms with Gasteiger partial charge < -0.3 is 10.1 Å². The first kappa shape index (κ1) is 15.4. The van der Waals surface area contributed by atoms with Gasteiger partial charge in [0.15, 0.2) is 0 Å². The smallest absolute Gasteiger partial charge is 0.269 e. The highest BCUT2D eigenvalue weighted by molar-refractivity contribution is 5.79. The van der Waals surface area contributed by atoms with Gasteiger partial charge in [0.1, 0.15) is 0 Å². The van der Waals surface area contributed by atoms with E-state index in [0.717, 1.165) is 18.4 Å². The molecule has 0 unspecified atom stereocenters. The van der Waals surface area contributed by atoms with Crippen LogP contribution in [0.2, 0.25) is 0 Å². The number of nitro benzene ring substituents is 1. The summed E-state index contributed by atoms with van der Waals surface area (Å²) in [5, 5.41) is 13.8. The van der Waals surface area contributed by atoms with Crippen LogP contribution in [0.4, 0.5) is 5.69 Å². The molecule has 114 valence electrons. The highest BCUT2D eigenvalue weighted by atomic mass is 16.6. The second kappa shape index (κ2) is 7.17. The summed E-state index contributed by atoms with van der Waals surface area (Å²) in [4.78, 5) is 22.7. The molecule has 1 saturated heterocycles. The van der Waals surface area contributed by atoms with Crippen molar-refractivity contribution in [3.05, 3.63) is 39.9 Å². The van der Waals surface area contributed by atoms with Crippen LogP contribution < -0.4 is 5.32 Å². The molecular weight excluding hydrogens is 272 g/mol. The molecule has 0 bridgehead atoms. The molecule has 1 fully saturated rings. The van der Waals surface area contributed by atoms with Crippen molar-refractivity contribution in [2.75, 3.05) is 13.2 Å². The summed E-state index contributed by atoms with van der Waals surface area (Å²) in [7, 11) is 0. The van der Waals surface area contributed by atoms with Gasteiger partial charge in [-0.3, -0.25) is 14.9 Å². The van der Waals surface area contributed by atoms with E-state index in [4.69, 9.17) is 4.74 Å². The molecule has 0 aromatic heterocycles. The summed E-state index contributed by atoms with van der Waals surface area (Å²) < 4.78 is 5.25. The van der Waals surface area contributed by atoms with Gasteiger partial charge in [-0.15, -0.1) is 0 Å². The molecule has 1 aromatic rings. The number of hydrogen-bond donors (Lipinski definition) is 1. The van der Waals surface area contributed by atoms with Crippen LogP contribution >= 0.6 is 0 Å². The normalized spacial score (nSPS) is 17.2. The molecule has 21 heavy (non-hydrogen) atoms. The minimum atomic E-state index is -0.420. The van der Waals surface area contributed by atoms with Crippen molar-refractivity contribution in [3.8, 4) is 0 Å². The zero-order valence-electron chi connectivity index (χ0n) is 12.1. The van der Waals surface area contributed by atoms with E-state index in [1.165, 1.54) is 12.1 Å². The van der Waals surface area contributed by atoms with E-state index in [-0.39, 0.29) is 23.6 Å². The van der Waals surface area contributed by atoms with Crippen molar-refractivity contribution in [2.45, 2.75) is 32.2 Å². The Hall–Kier alpha value is -1.95. The molecule has 6 nitrogen and oxygen atoms in total. The fraction of sp³-hybridized carbons (Fsp3) is 0.533. The Morgan fingerprint density at radius 2 is 2.19 bits per heavy atom. The van der Waals surface area contributed by atoms with Gasteiger partial charge in [0.25, 0.3) is 5.69 Å². The molecule has 1 heterocycles. The van der Waals surface area contributed by atoms with E-state index in [1.54, 1.807) is 6.07 Å². The number of rotatable bonds is 5. The highest BCUT2D eigenvalue weighted by Gasteiger charge is 2.24. The van der Waals surface area contributed by atoms with E-state index >= 15 is 0 Å². The van der Waals surface area contributed by atoms with E-state index in [1.807, 2.05) is 13.0 Å². The maximum atomic E-state index is 12.3. The molecular formula is C15H20N2O4. The van der Waals surface area contributed by atoms with Gasteiger partial charge in [-0.05, 0) is 24.8 Å². The largest absolute Gasteiger partial charge is 0.381 e. The Bertz CT molecular complexity index is 512. The summed E-state index contributed by atoms with van der Waals surface area (Å²) in [6.45, 7) is 3.19. The monoisotopic (exact) mass is 292 g/mol. The number of non-ortho nitro benzene ring substituents is 1. The summed E-state index contributed by atoms with van der Waals surface area (Å²) in [5.41, 5.74) is 0.818. The molecule has 0 spiro atoms. The molecule has 0 saturated carbocycles. The first-order valence-corrected chi connectivity index (χ1v) is 7.24. The molecule has 1 atom stereocenters. The second-order valence-corrected chi connectivity index (χ2v) is 5.21. The molecule has 1 aromatic carbocycles. The van der Waals surface area contributed by atoms with E-state index in [0.29, 0.717) is 19.6 Å². The van der Waals surface area contributed by atoms with Crippen molar-refractivity contribution in [3.63, 3.8) is 0 Å². The Morgan fingerprint density at radius 3 is 2.81 bits per heavy atom. The molecule has 1 aliphatic heterocycles. The standard InChI is InChI=1S/C15H20N2O4/c1-2-14(12-4-3-5-13(10-12)17(19)20)16-15(18)11-6-8-21-9-7-11/h3-5,10-11,14H,2,6-9H2,1H3,(H,16,18)/t14-/m1/s1. The number of carbonyl (C=O) groups excluding carboxylic acids is 1. The van der Waals surface area contributed by atoms with Crippen LogP contribution in [0.5, 0.6) is 0 Å². The van der Waals surface area contributed by atoms with Gasteiger partial charge >= 0.3 is 0 Å². The van der Waals surface area contributed by atoms with Gasteiger partial charge in [-0.2, -0.15) is 0 Å². The van der Waals surface area contributed by atoms with Crippen molar-refractivity contribution in [1.82, 2.24) is 5.32 Å². The maximum Gasteiger partial charge on any atom is 0.269 e. The number of nitrogens with zero attached hydrogens (tertiary/aromatic N) is 1. The fourth-order valence-electron chi connectivity index (χ4n) is 2.53. The second-order valence-electron chi connectivity index (χ2n) is 5.21. The number of nitrogens with one attached hydrogen (secondary N) is 1. The molecule has 1 amide bonds. The predicted octanol–water partition coefficient (Wildman–Crippen LogP) is 2.59. The Kier molecular flexibility index (Phi) is 5.27. The van der Waals surface area contributed by atoms with E-state index in [2.05, 4.69) is 5.32 Å². The average molecular weight is 292 g/mol. The van der Waals surface area contributed by atoms with Crippen LogP contribution in [0.1, 0.15) is 37.8 Å². The quantitative estimate of drug-likeness (QED) is 0.668.